The topological polar surface area (TPSA) is 3.24 Å². The fourth-order valence-corrected chi connectivity index (χ4v) is 4.37. The van der Waals surface area contributed by atoms with E-state index in [0.717, 1.165) is 17.9 Å². The second kappa shape index (κ2) is 6.53. The first kappa shape index (κ1) is 13.1. The van der Waals surface area contributed by atoms with E-state index in [1.807, 2.05) is 11.3 Å². The van der Waals surface area contributed by atoms with Crippen molar-refractivity contribution in [2.24, 2.45) is 0 Å². The molecule has 0 spiro atoms. The lowest BCUT2D eigenvalue weighted by Crippen LogP contribution is -2.39. The number of hydrogen-bond donors (Lipinski definition) is 0. The van der Waals surface area contributed by atoms with Gasteiger partial charge in [0.2, 0.25) is 0 Å². The molecule has 16 heavy (non-hydrogen) atoms. The van der Waals surface area contributed by atoms with Crippen LogP contribution in [-0.4, -0.2) is 22.8 Å². The monoisotopic (exact) mass is 365 g/mol. The van der Waals surface area contributed by atoms with Crippen LogP contribution in [0.2, 0.25) is 0 Å². The standard InChI is InChI=1S/C12H17Br2NS/c13-6-4-10-3-1-2-7-15(10)9-12-11(14)5-8-16-12/h5,8,10H,1-4,6-7,9H2. The van der Waals surface area contributed by atoms with Gasteiger partial charge in [-0.2, -0.15) is 0 Å². The molecule has 0 amide bonds. The lowest BCUT2D eigenvalue weighted by atomic mass is 10.00. The SMILES string of the molecule is BrCCC1CCCCN1Cc1sccc1Br. The van der Waals surface area contributed by atoms with Gasteiger partial charge in [0.25, 0.3) is 0 Å². The molecule has 1 saturated heterocycles. The van der Waals surface area contributed by atoms with Crippen LogP contribution >= 0.6 is 43.2 Å². The average Bonchev–Trinajstić information content (AvgIpc) is 2.68. The molecule has 4 heteroatoms. The minimum absolute atomic E-state index is 0.780. The predicted molar refractivity (Wildman–Crippen MR) is 78.5 cm³/mol. The summed E-state index contributed by atoms with van der Waals surface area (Å²) in [5.41, 5.74) is 0. The Hall–Kier alpha value is 0.620. The van der Waals surface area contributed by atoms with Gasteiger partial charge in [0.1, 0.15) is 0 Å². The lowest BCUT2D eigenvalue weighted by molar-refractivity contribution is 0.138. The molecule has 1 aromatic heterocycles. The normalized spacial score (nSPS) is 22.5. The number of likely N-dealkylation sites (tertiary alicyclic amines) is 1. The van der Waals surface area contributed by atoms with Crippen LogP contribution in [0.5, 0.6) is 0 Å². The Labute approximate surface area is 118 Å². The molecule has 1 nitrogen and oxygen atoms in total. The quantitative estimate of drug-likeness (QED) is 0.701. The Balaban J connectivity index is 1.98. The molecule has 1 atom stereocenters. The third-order valence-corrected chi connectivity index (χ3v) is 5.60. The summed E-state index contributed by atoms with van der Waals surface area (Å²) in [7, 11) is 0. The Bertz CT molecular complexity index is 325. The van der Waals surface area contributed by atoms with Gasteiger partial charge in [0.15, 0.2) is 0 Å². The second-order valence-electron chi connectivity index (χ2n) is 4.29. The van der Waals surface area contributed by atoms with E-state index in [9.17, 15) is 0 Å². The highest BCUT2D eigenvalue weighted by Gasteiger charge is 2.22. The van der Waals surface area contributed by atoms with E-state index in [1.165, 1.54) is 41.6 Å². The lowest BCUT2D eigenvalue weighted by Gasteiger charge is -2.35. The number of alkyl halides is 1. The van der Waals surface area contributed by atoms with Crippen molar-refractivity contribution >= 4 is 43.2 Å². The first-order valence-corrected chi connectivity index (χ1v) is 8.62. The number of thiophene rings is 1. The molecule has 1 aromatic rings. The first-order valence-electron chi connectivity index (χ1n) is 5.83. The molecule has 1 unspecified atom stereocenters. The van der Waals surface area contributed by atoms with Gasteiger partial charge in [-0.3, -0.25) is 4.90 Å². The van der Waals surface area contributed by atoms with Crippen molar-refractivity contribution in [2.45, 2.75) is 38.3 Å². The van der Waals surface area contributed by atoms with Gasteiger partial charge in [-0.15, -0.1) is 11.3 Å². The molecular formula is C12H17Br2NS. The first-order chi connectivity index (χ1) is 7.81. The molecule has 90 valence electrons. The summed E-state index contributed by atoms with van der Waals surface area (Å²) in [5, 5.41) is 3.29. The molecule has 0 bridgehead atoms. The largest absolute Gasteiger partial charge is 0.295 e. The molecule has 2 heterocycles. The van der Waals surface area contributed by atoms with E-state index in [4.69, 9.17) is 0 Å². The van der Waals surface area contributed by atoms with Gasteiger partial charge in [-0.25, -0.2) is 0 Å². The second-order valence-corrected chi connectivity index (χ2v) is 6.94. The minimum atomic E-state index is 0.780. The zero-order chi connectivity index (χ0) is 11.4. The third-order valence-electron chi connectivity index (χ3n) is 3.23. The summed E-state index contributed by atoms with van der Waals surface area (Å²) in [6.45, 7) is 2.39. The van der Waals surface area contributed by atoms with Gasteiger partial charge in [-0.05, 0) is 53.2 Å². The Kier molecular flexibility index (Phi) is 5.33. The van der Waals surface area contributed by atoms with E-state index < -0.39 is 0 Å². The van der Waals surface area contributed by atoms with Crippen LogP contribution in [-0.2, 0) is 6.54 Å². The van der Waals surface area contributed by atoms with Crippen molar-refractivity contribution in [3.8, 4) is 0 Å². The highest BCUT2D eigenvalue weighted by atomic mass is 79.9. The van der Waals surface area contributed by atoms with Crippen LogP contribution in [0.1, 0.15) is 30.6 Å². The van der Waals surface area contributed by atoms with Crippen molar-refractivity contribution in [3.63, 3.8) is 0 Å². The summed E-state index contributed by atoms with van der Waals surface area (Å²) in [4.78, 5) is 4.13. The zero-order valence-corrected chi connectivity index (χ0v) is 13.3. The van der Waals surface area contributed by atoms with Crippen LogP contribution in [0.25, 0.3) is 0 Å². The van der Waals surface area contributed by atoms with Gasteiger partial charge in [-0.1, -0.05) is 22.4 Å². The number of rotatable bonds is 4. The summed E-state index contributed by atoms with van der Waals surface area (Å²) in [6.07, 6.45) is 5.42. The van der Waals surface area contributed by atoms with Crippen LogP contribution < -0.4 is 0 Å². The molecule has 2 rings (SSSR count). The zero-order valence-electron chi connectivity index (χ0n) is 9.29. The molecule has 0 aliphatic carbocycles. The number of nitrogens with zero attached hydrogens (tertiary/aromatic N) is 1. The fraction of sp³-hybridized carbons (Fsp3) is 0.667. The number of piperidine rings is 1. The highest BCUT2D eigenvalue weighted by molar-refractivity contribution is 9.10. The maximum absolute atomic E-state index is 3.63. The smallest absolute Gasteiger partial charge is 0.0342 e. The van der Waals surface area contributed by atoms with E-state index in [-0.39, 0.29) is 0 Å². The fourth-order valence-electron chi connectivity index (χ4n) is 2.34. The molecule has 0 aromatic carbocycles. The van der Waals surface area contributed by atoms with Crippen molar-refractivity contribution in [1.82, 2.24) is 4.90 Å². The minimum Gasteiger partial charge on any atom is -0.295 e. The average molecular weight is 367 g/mol. The molecule has 0 saturated carbocycles. The van der Waals surface area contributed by atoms with Crippen molar-refractivity contribution in [2.75, 3.05) is 11.9 Å². The van der Waals surface area contributed by atoms with E-state index in [2.05, 4.69) is 48.2 Å². The van der Waals surface area contributed by atoms with Gasteiger partial charge < -0.3 is 0 Å². The van der Waals surface area contributed by atoms with Crippen LogP contribution in [0.15, 0.2) is 15.9 Å². The number of hydrogen-bond acceptors (Lipinski definition) is 2. The summed E-state index contributed by atoms with van der Waals surface area (Å²) in [5.74, 6) is 0. The number of halogens is 2. The molecule has 1 aliphatic heterocycles. The highest BCUT2D eigenvalue weighted by Crippen LogP contribution is 2.28. The van der Waals surface area contributed by atoms with E-state index in [1.54, 1.807) is 0 Å². The van der Waals surface area contributed by atoms with Crippen LogP contribution in [0, 0.1) is 0 Å². The van der Waals surface area contributed by atoms with E-state index >= 15 is 0 Å². The summed E-state index contributed by atoms with van der Waals surface area (Å²) >= 11 is 9.06. The summed E-state index contributed by atoms with van der Waals surface area (Å²) in [6, 6.07) is 2.94. The van der Waals surface area contributed by atoms with Crippen molar-refractivity contribution in [1.29, 1.82) is 0 Å². The Morgan fingerprint density at radius 3 is 3.00 bits per heavy atom. The van der Waals surface area contributed by atoms with Crippen molar-refractivity contribution in [3.05, 3.63) is 20.8 Å². The Morgan fingerprint density at radius 2 is 2.31 bits per heavy atom. The molecular weight excluding hydrogens is 350 g/mol. The van der Waals surface area contributed by atoms with Crippen LogP contribution in [0.3, 0.4) is 0 Å². The van der Waals surface area contributed by atoms with Gasteiger partial charge in [0.05, 0.1) is 0 Å². The van der Waals surface area contributed by atoms with Crippen LogP contribution in [0.4, 0.5) is 0 Å². The summed E-state index contributed by atoms with van der Waals surface area (Å²) < 4.78 is 1.28. The maximum atomic E-state index is 3.63. The van der Waals surface area contributed by atoms with E-state index in [0.29, 0.717) is 0 Å². The predicted octanol–water partition coefficient (Wildman–Crippen LogP) is 4.65. The molecule has 1 fully saturated rings. The van der Waals surface area contributed by atoms with Gasteiger partial charge in [0, 0.05) is 27.3 Å². The van der Waals surface area contributed by atoms with Gasteiger partial charge >= 0.3 is 0 Å². The molecule has 0 radical (unpaired) electrons. The maximum Gasteiger partial charge on any atom is 0.0342 e. The Morgan fingerprint density at radius 1 is 1.44 bits per heavy atom. The molecule has 1 aliphatic rings. The molecule has 0 N–H and O–H groups in total. The van der Waals surface area contributed by atoms with Crippen molar-refractivity contribution < 1.29 is 0 Å². The third kappa shape index (κ3) is 3.31.